The van der Waals surface area contributed by atoms with Gasteiger partial charge in [-0.05, 0) is 42.8 Å². The zero-order chi connectivity index (χ0) is 14.7. The van der Waals surface area contributed by atoms with E-state index in [0.717, 1.165) is 36.8 Å². The van der Waals surface area contributed by atoms with Crippen molar-refractivity contribution in [3.8, 4) is 11.5 Å². The number of hydrogen-bond acceptors (Lipinski definition) is 4. The second-order valence-corrected chi connectivity index (χ2v) is 5.22. The van der Waals surface area contributed by atoms with Gasteiger partial charge >= 0.3 is 0 Å². The molecular formula is C17H21NO3. The molecule has 1 atom stereocenters. The van der Waals surface area contributed by atoms with Crippen LogP contribution < -0.4 is 9.47 Å². The van der Waals surface area contributed by atoms with Crippen LogP contribution in [0.25, 0.3) is 0 Å². The van der Waals surface area contributed by atoms with Crippen LogP contribution in [0, 0.1) is 0 Å². The third-order valence-corrected chi connectivity index (χ3v) is 3.98. The van der Waals surface area contributed by atoms with Crippen LogP contribution in [0.3, 0.4) is 0 Å². The molecule has 0 saturated carbocycles. The van der Waals surface area contributed by atoms with Gasteiger partial charge in [-0.25, -0.2) is 0 Å². The number of methoxy groups -OCH3 is 1. The molecule has 1 aromatic carbocycles. The molecule has 0 amide bonds. The van der Waals surface area contributed by atoms with Gasteiger partial charge in [0.25, 0.3) is 0 Å². The Bertz CT molecular complexity index is 565. The summed E-state index contributed by atoms with van der Waals surface area (Å²) in [5.41, 5.74) is 1.25. The van der Waals surface area contributed by atoms with Crippen molar-refractivity contribution in [2.45, 2.75) is 25.9 Å². The van der Waals surface area contributed by atoms with E-state index in [-0.39, 0.29) is 0 Å². The van der Waals surface area contributed by atoms with Gasteiger partial charge in [0.1, 0.15) is 5.76 Å². The van der Waals surface area contributed by atoms with Crippen molar-refractivity contribution in [2.75, 3.05) is 20.4 Å². The number of allylic oxidation sites excluding steroid dienone is 1. The molecular weight excluding hydrogens is 266 g/mol. The molecule has 0 spiro atoms. The van der Waals surface area contributed by atoms with Gasteiger partial charge in [0.05, 0.1) is 7.11 Å². The summed E-state index contributed by atoms with van der Waals surface area (Å²) in [4.78, 5) is 2.44. The Morgan fingerprint density at radius 1 is 1.29 bits per heavy atom. The maximum Gasteiger partial charge on any atom is 0.231 e. The van der Waals surface area contributed by atoms with E-state index in [0.29, 0.717) is 12.8 Å². The molecule has 1 aromatic rings. The first-order valence-electron chi connectivity index (χ1n) is 7.35. The molecule has 1 unspecified atom stereocenters. The first kappa shape index (κ1) is 14.0. The largest absolute Gasteiger partial charge is 0.497 e. The van der Waals surface area contributed by atoms with Gasteiger partial charge < -0.3 is 14.2 Å². The molecule has 1 heterocycles. The Balaban J connectivity index is 1.68. The minimum atomic E-state index is 0.326. The van der Waals surface area contributed by atoms with E-state index in [2.05, 4.69) is 42.2 Å². The molecule has 3 rings (SSSR count). The summed E-state index contributed by atoms with van der Waals surface area (Å²) < 4.78 is 16.1. The standard InChI is InChI=1S/C17H21NO3/c1-3-18(14-5-7-15(19-2)8-6-14)11-13-4-9-16-17(10-13)21-12-20-16/h4-5,7-10,14H,3,6,11-12H2,1-2H3. The lowest BCUT2D eigenvalue weighted by atomic mass is 10.0. The van der Waals surface area contributed by atoms with Crippen molar-refractivity contribution in [1.29, 1.82) is 0 Å². The van der Waals surface area contributed by atoms with Crippen molar-refractivity contribution < 1.29 is 14.2 Å². The molecule has 0 radical (unpaired) electrons. The zero-order valence-corrected chi connectivity index (χ0v) is 12.5. The van der Waals surface area contributed by atoms with Gasteiger partial charge in [-0.1, -0.05) is 19.1 Å². The highest BCUT2D eigenvalue weighted by atomic mass is 16.7. The number of benzene rings is 1. The molecule has 4 heteroatoms. The topological polar surface area (TPSA) is 30.9 Å². The molecule has 0 bridgehead atoms. The molecule has 0 N–H and O–H groups in total. The van der Waals surface area contributed by atoms with Crippen LogP contribution in [0.15, 0.2) is 42.2 Å². The maximum atomic E-state index is 5.45. The molecule has 0 aromatic heterocycles. The van der Waals surface area contributed by atoms with Gasteiger partial charge in [-0.3, -0.25) is 4.90 Å². The summed E-state index contributed by atoms with van der Waals surface area (Å²) >= 11 is 0. The Morgan fingerprint density at radius 2 is 2.14 bits per heavy atom. The van der Waals surface area contributed by atoms with E-state index < -0.39 is 0 Å². The molecule has 1 aliphatic heterocycles. The molecule has 2 aliphatic rings. The number of fused-ring (bicyclic) bond motifs is 1. The van der Waals surface area contributed by atoms with Gasteiger partial charge in [0, 0.05) is 12.6 Å². The normalized spacial score (nSPS) is 19.8. The van der Waals surface area contributed by atoms with Crippen LogP contribution in [-0.2, 0) is 11.3 Å². The van der Waals surface area contributed by atoms with Crippen LogP contribution in [0.4, 0.5) is 0 Å². The van der Waals surface area contributed by atoms with E-state index >= 15 is 0 Å². The second kappa shape index (κ2) is 6.22. The van der Waals surface area contributed by atoms with E-state index in [1.807, 2.05) is 6.07 Å². The summed E-state index contributed by atoms with van der Waals surface area (Å²) in [6, 6.07) is 6.59. The lowest BCUT2D eigenvalue weighted by Crippen LogP contribution is -2.33. The zero-order valence-electron chi connectivity index (χ0n) is 12.5. The SMILES string of the molecule is CCN(Cc1ccc2c(c1)OCO2)C1C=CC(OC)=CC1. The highest BCUT2D eigenvalue weighted by molar-refractivity contribution is 5.44. The summed E-state index contributed by atoms with van der Waals surface area (Å²) in [7, 11) is 1.71. The first-order valence-corrected chi connectivity index (χ1v) is 7.35. The van der Waals surface area contributed by atoms with Crippen LogP contribution in [0.2, 0.25) is 0 Å². The quantitative estimate of drug-likeness (QED) is 0.832. The summed E-state index contributed by atoms with van der Waals surface area (Å²) in [5, 5.41) is 0. The first-order chi connectivity index (χ1) is 10.3. The number of ether oxygens (including phenoxy) is 3. The van der Waals surface area contributed by atoms with Crippen LogP contribution >= 0.6 is 0 Å². The van der Waals surface area contributed by atoms with E-state index in [1.165, 1.54) is 5.56 Å². The molecule has 0 fully saturated rings. The third kappa shape index (κ3) is 3.05. The average Bonchev–Trinajstić information content (AvgIpc) is 3.00. The van der Waals surface area contributed by atoms with Crippen molar-refractivity contribution in [3.63, 3.8) is 0 Å². The number of rotatable bonds is 5. The predicted octanol–water partition coefficient (Wildman–Crippen LogP) is 3.10. The smallest absolute Gasteiger partial charge is 0.231 e. The van der Waals surface area contributed by atoms with Gasteiger partial charge in [-0.2, -0.15) is 0 Å². The predicted molar refractivity (Wildman–Crippen MR) is 81.3 cm³/mol. The Kier molecular flexibility index (Phi) is 4.15. The Labute approximate surface area is 125 Å². The third-order valence-electron chi connectivity index (χ3n) is 3.98. The second-order valence-electron chi connectivity index (χ2n) is 5.22. The monoisotopic (exact) mass is 287 g/mol. The number of likely N-dealkylation sites (N-methyl/N-ethyl adjacent to an activating group) is 1. The minimum Gasteiger partial charge on any atom is -0.497 e. The van der Waals surface area contributed by atoms with Crippen molar-refractivity contribution >= 4 is 0 Å². The van der Waals surface area contributed by atoms with E-state index in [1.54, 1.807) is 7.11 Å². The fraction of sp³-hybridized carbons (Fsp3) is 0.412. The molecule has 112 valence electrons. The van der Waals surface area contributed by atoms with Gasteiger partial charge in [0.2, 0.25) is 6.79 Å². The van der Waals surface area contributed by atoms with Gasteiger partial charge in [0.15, 0.2) is 11.5 Å². The van der Waals surface area contributed by atoms with Crippen molar-refractivity contribution in [2.24, 2.45) is 0 Å². The van der Waals surface area contributed by atoms with Crippen LogP contribution in [0.5, 0.6) is 11.5 Å². The molecule has 0 saturated heterocycles. The lowest BCUT2D eigenvalue weighted by Gasteiger charge is -2.29. The molecule has 1 aliphatic carbocycles. The van der Waals surface area contributed by atoms with E-state index in [4.69, 9.17) is 14.2 Å². The summed E-state index contributed by atoms with van der Waals surface area (Å²) in [6.07, 6.45) is 7.40. The summed E-state index contributed by atoms with van der Waals surface area (Å²) in [6.45, 7) is 4.42. The Morgan fingerprint density at radius 3 is 2.86 bits per heavy atom. The lowest BCUT2D eigenvalue weighted by molar-refractivity contribution is 0.174. The van der Waals surface area contributed by atoms with Crippen molar-refractivity contribution in [1.82, 2.24) is 4.90 Å². The van der Waals surface area contributed by atoms with Crippen LogP contribution in [-0.4, -0.2) is 31.4 Å². The van der Waals surface area contributed by atoms with E-state index in [9.17, 15) is 0 Å². The maximum absolute atomic E-state index is 5.45. The molecule has 21 heavy (non-hydrogen) atoms. The van der Waals surface area contributed by atoms with Gasteiger partial charge in [-0.15, -0.1) is 0 Å². The minimum absolute atomic E-state index is 0.326. The molecule has 4 nitrogen and oxygen atoms in total. The number of hydrogen-bond donors (Lipinski definition) is 0. The fourth-order valence-corrected chi connectivity index (χ4v) is 2.75. The average molecular weight is 287 g/mol. The number of nitrogens with zero attached hydrogens (tertiary/aromatic N) is 1. The summed E-state index contributed by atoms with van der Waals surface area (Å²) in [5.74, 6) is 2.64. The Hall–Kier alpha value is -1.94. The highest BCUT2D eigenvalue weighted by Gasteiger charge is 2.19. The van der Waals surface area contributed by atoms with Crippen LogP contribution in [0.1, 0.15) is 18.9 Å². The fourth-order valence-electron chi connectivity index (χ4n) is 2.75. The van der Waals surface area contributed by atoms with Crippen molar-refractivity contribution in [3.05, 3.63) is 47.7 Å². The highest BCUT2D eigenvalue weighted by Crippen LogP contribution is 2.33.